The zero-order chi connectivity index (χ0) is 13.8. The first-order chi connectivity index (χ1) is 9.09. The lowest BCUT2D eigenvalue weighted by Gasteiger charge is -2.21. The van der Waals surface area contributed by atoms with Gasteiger partial charge in [0.2, 0.25) is 5.91 Å². The van der Waals surface area contributed by atoms with Gasteiger partial charge in [-0.05, 0) is 23.8 Å². The van der Waals surface area contributed by atoms with Gasteiger partial charge in [-0.15, -0.1) is 0 Å². The van der Waals surface area contributed by atoms with Crippen molar-refractivity contribution in [2.75, 3.05) is 11.9 Å². The van der Waals surface area contributed by atoms with Crippen LogP contribution >= 0.6 is 0 Å². The molecule has 1 atom stereocenters. The van der Waals surface area contributed by atoms with Gasteiger partial charge in [-0.25, -0.2) is 4.39 Å². The predicted octanol–water partition coefficient (Wildman–Crippen LogP) is 2.49. The summed E-state index contributed by atoms with van der Waals surface area (Å²) in [7, 11) is 1.58. The summed E-state index contributed by atoms with van der Waals surface area (Å²) in [6.07, 6.45) is 0. The number of nitrogens with zero attached hydrogens (tertiary/aromatic N) is 1. The van der Waals surface area contributed by atoms with Crippen LogP contribution in [0, 0.1) is 5.82 Å². The lowest BCUT2D eigenvalue weighted by atomic mass is 10.1. The van der Waals surface area contributed by atoms with E-state index >= 15 is 0 Å². The normalized spacial score (nSPS) is 11.9. The first kappa shape index (κ1) is 13.2. The topological polar surface area (TPSA) is 46.3 Å². The number of nitrogens with two attached hydrogens (primary N) is 1. The van der Waals surface area contributed by atoms with Crippen LogP contribution in [0.1, 0.15) is 11.6 Å². The molecule has 0 aliphatic carbocycles. The fraction of sp³-hybridized carbons (Fsp3) is 0.133. The summed E-state index contributed by atoms with van der Waals surface area (Å²) in [5.74, 6) is -0.665. The van der Waals surface area contributed by atoms with Crippen molar-refractivity contribution in [1.82, 2.24) is 0 Å². The van der Waals surface area contributed by atoms with Gasteiger partial charge in [0.1, 0.15) is 11.9 Å². The number of carbonyl (C=O) groups excluding carboxylic acids is 1. The van der Waals surface area contributed by atoms with Crippen molar-refractivity contribution in [2.45, 2.75) is 6.04 Å². The molecule has 0 bridgehead atoms. The van der Waals surface area contributed by atoms with Crippen LogP contribution in [0.15, 0.2) is 54.6 Å². The summed E-state index contributed by atoms with van der Waals surface area (Å²) in [5, 5.41) is 0. The van der Waals surface area contributed by atoms with Crippen LogP contribution in [0.25, 0.3) is 0 Å². The first-order valence-electron chi connectivity index (χ1n) is 5.93. The Balaban J connectivity index is 2.20. The van der Waals surface area contributed by atoms with E-state index in [2.05, 4.69) is 0 Å². The fourth-order valence-electron chi connectivity index (χ4n) is 1.82. The minimum atomic E-state index is -0.755. The number of hydrogen-bond donors (Lipinski definition) is 1. The second kappa shape index (κ2) is 5.63. The van der Waals surface area contributed by atoms with Gasteiger partial charge in [0.05, 0.1) is 0 Å². The molecule has 0 aliphatic heterocycles. The fourth-order valence-corrected chi connectivity index (χ4v) is 1.82. The first-order valence-corrected chi connectivity index (χ1v) is 5.93. The molecule has 0 aromatic heterocycles. The predicted molar refractivity (Wildman–Crippen MR) is 73.2 cm³/mol. The second-order valence-electron chi connectivity index (χ2n) is 4.27. The minimum absolute atomic E-state index is 0.281. The molecular formula is C15H15FN2O. The zero-order valence-electron chi connectivity index (χ0n) is 10.6. The van der Waals surface area contributed by atoms with Crippen molar-refractivity contribution < 1.29 is 9.18 Å². The number of anilines is 1. The molecule has 2 rings (SSSR count). The maximum absolute atomic E-state index is 13.1. The molecule has 2 N–H and O–H groups in total. The molecule has 19 heavy (non-hydrogen) atoms. The van der Waals surface area contributed by atoms with Crippen LogP contribution in [0.3, 0.4) is 0 Å². The van der Waals surface area contributed by atoms with Crippen molar-refractivity contribution in [3.8, 4) is 0 Å². The molecule has 1 amide bonds. The SMILES string of the molecule is CN(C(=O)[C@@H](N)c1ccccc1)c1cccc(F)c1. The Hall–Kier alpha value is -2.20. The average molecular weight is 258 g/mol. The largest absolute Gasteiger partial charge is 0.316 e. The highest BCUT2D eigenvalue weighted by Gasteiger charge is 2.20. The van der Waals surface area contributed by atoms with Crippen LogP contribution < -0.4 is 10.6 Å². The van der Waals surface area contributed by atoms with E-state index in [1.165, 1.54) is 17.0 Å². The highest BCUT2D eigenvalue weighted by molar-refractivity contribution is 5.97. The summed E-state index contributed by atoms with van der Waals surface area (Å²) in [4.78, 5) is 13.6. The Morgan fingerprint density at radius 2 is 1.84 bits per heavy atom. The number of amides is 1. The third-order valence-electron chi connectivity index (χ3n) is 2.95. The standard InChI is InChI=1S/C15H15FN2O/c1-18(13-9-5-8-12(16)10-13)15(19)14(17)11-6-3-2-4-7-11/h2-10,14H,17H2,1H3/t14-/m0/s1. The number of hydrogen-bond acceptors (Lipinski definition) is 2. The molecule has 0 spiro atoms. The third kappa shape index (κ3) is 2.98. The molecule has 4 heteroatoms. The molecule has 0 unspecified atom stereocenters. The molecule has 2 aromatic rings. The van der Waals surface area contributed by atoms with Gasteiger partial charge in [-0.2, -0.15) is 0 Å². The summed E-state index contributed by atoms with van der Waals surface area (Å²) in [6.45, 7) is 0. The van der Waals surface area contributed by atoms with E-state index in [9.17, 15) is 9.18 Å². The Morgan fingerprint density at radius 3 is 2.47 bits per heavy atom. The number of halogens is 1. The van der Waals surface area contributed by atoms with Gasteiger partial charge in [0.25, 0.3) is 0 Å². The Bertz CT molecular complexity index is 571. The van der Waals surface area contributed by atoms with Gasteiger partial charge < -0.3 is 10.6 Å². The second-order valence-corrected chi connectivity index (χ2v) is 4.27. The molecule has 0 radical (unpaired) electrons. The van der Waals surface area contributed by atoms with Crippen molar-refractivity contribution in [1.29, 1.82) is 0 Å². The smallest absolute Gasteiger partial charge is 0.248 e. The highest BCUT2D eigenvalue weighted by Crippen LogP contribution is 2.19. The van der Waals surface area contributed by atoms with Crippen LogP contribution in [0.4, 0.5) is 10.1 Å². The number of benzene rings is 2. The van der Waals surface area contributed by atoms with Crippen LogP contribution in [-0.2, 0) is 4.79 Å². The van der Waals surface area contributed by atoms with E-state index in [0.29, 0.717) is 5.69 Å². The average Bonchev–Trinajstić information content (AvgIpc) is 2.46. The monoisotopic (exact) mass is 258 g/mol. The van der Waals surface area contributed by atoms with Gasteiger partial charge in [-0.3, -0.25) is 4.79 Å². The number of carbonyl (C=O) groups is 1. The Morgan fingerprint density at radius 1 is 1.16 bits per heavy atom. The quantitative estimate of drug-likeness (QED) is 0.919. The maximum atomic E-state index is 13.1. The van der Waals surface area contributed by atoms with Crippen LogP contribution in [-0.4, -0.2) is 13.0 Å². The highest BCUT2D eigenvalue weighted by atomic mass is 19.1. The zero-order valence-corrected chi connectivity index (χ0v) is 10.6. The molecule has 0 aliphatic rings. The van der Waals surface area contributed by atoms with Crippen molar-refractivity contribution in [3.63, 3.8) is 0 Å². The van der Waals surface area contributed by atoms with E-state index in [1.54, 1.807) is 31.3 Å². The number of likely N-dealkylation sites (N-methyl/N-ethyl adjacent to an activating group) is 1. The summed E-state index contributed by atoms with van der Waals surface area (Å²) >= 11 is 0. The molecule has 3 nitrogen and oxygen atoms in total. The summed E-state index contributed by atoms with van der Waals surface area (Å²) < 4.78 is 13.1. The lowest BCUT2D eigenvalue weighted by Crippen LogP contribution is -2.35. The summed E-state index contributed by atoms with van der Waals surface area (Å²) in [5.41, 5.74) is 7.14. The molecule has 2 aromatic carbocycles. The van der Waals surface area contributed by atoms with Gasteiger partial charge >= 0.3 is 0 Å². The van der Waals surface area contributed by atoms with Gasteiger partial charge in [0, 0.05) is 12.7 Å². The van der Waals surface area contributed by atoms with E-state index < -0.39 is 6.04 Å². The number of rotatable bonds is 3. The summed E-state index contributed by atoms with van der Waals surface area (Å²) in [6, 6.07) is 14.2. The van der Waals surface area contributed by atoms with Crippen molar-refractivity contribution in [2.24, 2.45) is 5.73 Å². The van der Waals surface area contributed by atoms with Gasteiger partial charge in [0.15, 0.2) is 0 Å². The van der Waals surface area contributed by atoms with E-state index in [4.69, 9.17) is 5.73 Å². The lowest BCUT2D eigenvalue weighted by molar-refractivity contribution is -0.119. The van der Waals surface area contributed by atoms with Crippen molar-refractivity contribution in [3.05, 3.63) is 66.0 Å². The van der Waals surface area contributed by atoms with Crippen LogP contribution in [0.5, 0.6) is 0 Å². The van der Waals surface area contributed by atoms with Crippen molar-refractivity contribution >= 4 is 11.6 Å². The molecule has 0 saturated carbocycles. The minimum Gasteiger partial charge on any atom is -0.316 e. The maximum Gasteiger partial charge on any atom is 0.248 e. The van der Waals surface area contributed by atoms with E-state index in [0.717, 1.165) is 5.56 Å². The molecule has 0 saturated heterocycles. The molecule has 0 heterocycles. The van der Waals surface area contributed by atoms with E-state index in [-0.39, 0.29) is 11.7 Å². The molecular weight excluding hydrogens is 243 g/mol. The molecule has 0 fully saturated rings. The Labute approximate surface area is 111 Å². The van der Waals surface area contributed by atoms with Crippen LogP contribution in [0.2, 0.25) is 0 Å². The van der Waals surface area contributed by atoms with Gasteiger partial charge in [-0.1, -0.05) is 36.4 Å². The van der Waals surface area contributed by atoms with E-state index in [1.807, 2.05) is 18.2 Å². The Kier molecular flexibility index (Phi) is 3.92. The molecule has 98 valence electrons. The third-order valence-corrected chi connectivity index (χ3v) is 2.95.